The van der Waals surface area contributed by atoms with E-state index in [9.17, 15) is 14.4 Å². The number of anilines is 1. The molecule has 0 aromatic heterocycles. The number of halogens is 2. The molecule has 1 aliphatic heterocycles. The van der Waals surface area contributed by atoms with Crippen LogP contribution in [0.25, 0.3) is 0 Å². The molecule has 1 aromatic carbocycles. The molecule has 0 unspecified atom stereocenters. The Balaban J connectivity index is 1.87. The van der Waals surface area contributed by atoms with Gasteiger partial charge in [0, 0.05) is 51.4 Å². The third-order valence-electron chi connectivity index (χ3n) is 5.11. The smallest absolute Gasteiger partial charge is 0.225 e. The van der Waals surface area contributed by atoms with Gasteiger partial charge in [-0.3, -0.25) is 14.4 Å². The zero-order valence-corrected chi connectivity index (χ0v) is 15.5. The van der Waals surface area contributed by atoms with Crippen molar-refractivity contribution in [1.82, 2.24) is 4.90 Å². The zero-order chi connectivity index (χ0) is 18.1. The molecule has 5 nitrogen and oxygen atoms in total. The highest BCUT2D eigenvalue weighted by Gasteiger charge is 2.39. The van der Waals surface area contributed by atoms with Crippen LogP contribution in [0.3, 0.4) is 0 Å². The van der Waals surface area contributed by atoms with Gasteiger partial charge < -0.3 is 9.80 Å². The molecule has 0 spiro atoms. The predicted octanol–water partition coefficient (Wildman–Crippen LogP) is 2.84. The molecule has 0 N–H and O–H groups in total. The standard InChI is InChI=1S/C18H20Cl2N2O3/c1-11(23)21-5-7-22(8-6-21)17-13(3-2-4-15(17)19)14-9-12(18(20)25)10-16(14)24/h2-4,12,14H,5-10H2,1H3/t12-,14+/m1/s1. The van der Waals surface area contributed by atoms with E-state index in [-0.39, 0.29) is 24.0 Å². The van der Waals surface area contributed by atoms with Gasteiger partial charge in [0.2, 0.25) is 11.1 Å². The van der Waals surface area contributed by atoms with Crippen molar-refractivity contribution in [3.63, 3.8) is 0 Å². The minimum Gasteiger partial charge on any atom is -0.367 e. The van der Waals surface area contributed by atoms with Gasteiger partial charge in [0.05, 0.1) is 10.7 Å². The first-order valence-electron chi connectivity index (χ1n) is 8.39. The summed E-state index contributed by atoms with van der Waals surface area (Å²) in [6.07, 6.45) is 0.624. The molecule has 134 valence electrons. The Morgan fingerprint density at radius 3 is 2.40 bits per heavy atom. The Hall–Kier alpha value is -1.59. The SMILES string of the molecule is CC(=O)N1CCN(c2c(Cl)cccc2[C@@H]2C[C@@H](C(=O)Cl)CC2=O)CC1. The van der Waals surface area contributed by atoms with Crippen LogP contribution in [0.5, 0.6) is 0 Å². The molecule has 2 atom stereocenters. The van der Waals surface area contributed by atoms with Gasteiger partial charge in [-0.25, -0.2) is 0 Å². The third-order valence-corrected chi connectivity index (χ3v) is 5.73. The molecule has 0 bridgehead atoms. The number of para-hydroxylation sites is 1. The second kappa shape index (κ2) is 7.34. The molecule has 2 fully saturated rings. The number of ketones is 1. The molecule has 1 aliphatic carbocycles. The molecule has 25 heavy (non-hydrogen) atoms. The number of Topliss-reactive ketones (excluding diaryl/α,β-unsaturated/α-hetero) is 1. The van der Waals surface area contributed by atoms with E-state index in [1.165, 1.54) is 0 Å². The van der Waals surface area contributed by atoms with Gasteiger partial charge in [0.25, 0.3) is 0 Å². The van der Waals surface area contributed by atoms with Crippen molar-refractivity contribution in [3.05, 3.63) is 28.8 Å². The summed E-state index contributed by atoms with van der Waals surface area (Å²) in [5.74, 6) is -0.675. The van der Waals surface area contributed by atoms with Crippen LogP contribution in [0, 0.1) is 5.92 Å². The van der Waals surface area contributed by atoms with Crippen LogP contribution < -0.4 is 4.90 Å². The molecule has 1 amide bonds. The molecular formula is C18H20Cl2N2O3. The number of carbonyl (C=O) groups is 3. The monoisotopic (exact) mass is 382 g/mol. The summed E-state index contributed by atoms with van der Waals surface area (Å²) < 4.78 is 0. The van der Waals surface area contributed by atoms with E-state index >= 15 is 0 Å². The van der Waals surface area contributed by atoms with Crippen LogP contribution in [0.2, 0.25) is 5.02 Å². The summed E-state index contributed by atoms with van der Waals surface area (Å²) in [5.41, 5.74) is 1.70. The number of hydrogen-bond acceptors (Lipinski definition) is 4. The van der Waals surface area contributed by atoms with E-state index in [0.29, 0.717) is 37.6 Å². The number of amides is 1. The van der Waals surface area contributed by atoms with E-state index < -0.39 is 11.2 Å². The minimum absolute atomic E-state index is 0.0323. The minimum atomic E-state index is -0.450. The Kier molecular flexibility index (Phi) is 5.35. The molecule has 0 radical (unpaired) electrons. The molecule has 1 aromatic rings. The number of hydrogen-bond donors (Lipinski definition) is 0. The number of rotatable bonds is 3. The van der Waals surface area contributed by atoms with Gasteiger partial charge in [-0.1, -0.05) is 23.7 Å². The number of carbonyl (C=O) groups excluding carboxylic acids is 3. The summed E-state index contributed by atoms with van der Waals surface area (Å²) in [5, 5.41) is 0.136. The van der Waals surface area contributed by atoms with Crippen LogP contribution in [-0.4, -0.2) is 48.0 Å². The second-order valence-corrected chi connectivity index (χ2v) is 7.41. The molecule has 7 heteroatoms. The quantitative estimate of drug-likeness (QED) is 0.754. The number of piperazine rings is 1. The van der Waals surface area contributed by atoms with Crippen LogP contribution >= 0.6 is 23.2 Å². The maximum absolute atomic E-state index is 12.5. The third kappa shape index (κ3) is 3.67. The topological polar surface area (TPSA) is 57.7 Å². The molecule has 1 saturated heterocycles. The van der Waals surface area contributed by atoms with Crippen molar-refractivity contribution in [2.75, 3.05) is 31.1 Å². The molecule has 2 aliphatic rings. The van der Waals surface area contributed by atoms with E-state index in [1.54, 1.807) is 17.9 Å². The fourth-order valence-electron chi connectivity index (χ4n) is 3.75. The Morgan fingerprint density at radius 1 is 1.16 bits per heavy atom. The fraction of sp³-hybridized carbons (Fsp3) is 0.500. The zero-order valence-electron chi connectivity index (χ0n) is 14.0. The van der Waals surface area contributed by atoms with E-state index in [1.807, 2.05) is 12.1 Å². The lowest BCUT2D eigenvalue weighted by Crippen LogP contribution is -2.48. The molecule has 1 saturated carbocycles. The van der Waals surface area contributed by atoms with Gasteiger partial charge in [0.15, 0.2) is 0 Å². The summed E-state index contributed by atoms with van der Waals surface area (Å²) in [4.78, 5) is 39.4. The highest BCUT2D eigenvalue weighted by molar-refractivity contribution is 6.64. The highest BCUT2D eigenvalue weighted by atomic mass is 35.5. The normalized spacial score (nSPS) is 23.9. The first-order valence-corrected chi connectivity index (χ1v) is 9.15. The van der Waals surface area contributed by atoms with Gasteiger partial charge in [-0.2, -0.15) is 0 Å². The summed E-state index contributed by atoms with van der Waals surface area (Å²) in [7, 11) is 0. The van der Waals surface area contributed by atoms with Gasteiger partial charge in [-0.05, 0) is 29.7 Å². The Morgan fingerprint density at radius 2 is 1.84 bits per heavy atom. The van der Waals surface area contributed by atoms with Crippen molar-refractivity contribution in [2.45, 2.75) is 25.7 Å². The summed E-state index contributed by atoms with van der Waals surface area (Å²) in [6.45, 7) is 4.14. The average molecular weight is 383 g/mol. The van der Waals surface area contributed by atoms with Crippen LogP contribution in [0.15, 0.2) is 18.2 Å². The number of benzene rings is 1. The van der Waals surface area contributed by atoms with Gasteiger partial charge in [-0.15, -0.1) is 0 Å². The van der Waals surface area contributed by atoms with Crippen LogP contribution in [0.4, 0.5) is 5.69 Å². The van der Waals surface area contributed by atoms with Gasteiger partial charge in [0.1, 0.15) is 5.78 Å². The number of nitrogens with zero attached hydrogens (tertiary/aromatic N) is 2. The average Bonchev–Trinajstić information content (AvgIpc) is 2.97. The summed E-state index contributed by atoms with van der Waals surface area (Å²) >= 11 is 12.1. The van der Waals surface area contributed by atoms with Crippen molar-refractivity contribution in [2.24, 2.45) is 5.92 Å². The summed E-state index contributed by atoms with van der Waals surface area (Å²) in [6, 6.07) is 5.54. The second-order valence-electron chi connectivity index (χ2n) is 6.63. The largest absolute Gasteiger partial charge is 0.367 e. The van der Waals surface area contributed by atoms with Crippen LogP contribution in [-0.2, 0) is 14.4 Å². The predicted molar refractivity (Wildman–Crippen MR) is 97.3 cm³/mol. The highest BCUT2D eigenvalue weighted by Crippen LogP contribution is 2.43. The lowest BCUT2D eigenvalue weighted by molar-refractivity contribution is -0.129. The van der Waals surface area contributed by atoms with Crippen molar-refractivity contribution in [1.29, 1.82) is 0 Å². The first kappa shape index (κ1) is 18.2. The Labute approximate surface area is 156 Å². The first-order chi connectivity index (χ1) is 11.9. The Bertz CT molecular complexity index is 714. The van der Waals surface area contributed by atoms with Crippen molar-refractivity contribution >= 4 is 45.8 Å². The van der Waals surface area contributed by atoms with Gasteiger partial charge >= 0.3 is 0 Å². The maximum atomic E-state index is 12.5. The molecule has 1 heterocycles. The molecule has 3 rings (SSSR count). The van der Waals surface area contributed by atoms with Crippen molar-refractivity contribution < 1.29 is 14.4 Å². The van der Waals surface area contributed by atoms with E-state index in [0.717, 1.165) is 11.3 Å². The fourth-order valence-corrected chi connectivity index (χ4v) is 4.22. The molecular weight excluding hydrogens is 363 g/mol. The van der Waals surface area contributed by atoms with Crippen molar-refractivity contribution in [3.8, 4) is 0 Å². The lowest BCUT2D eigenvalue weighted by atomic mass is 9.93. The van der Waals surface area contributed by atoms with E-state index in [2.05, 4.69) is 4.90 Å². The maximum Gasteiger partial charge on any atom is 0.225 e. The van der Waals surface area contributed by atoms with E-state index in [4.69, 9.17) is 23.2 Å². The van der Waals surface area contributed by atoms with Crippen LogP contribution in [0.1, 0.15) is 31.2 Å². The lowest BCUT2D eigenvalue weighted by Gasteiger charge is -2.37.